The van der Waals surface area contributed by atoms with Gasteiger partial charge < -0.3 is 15.4 Å². The first-order chi connectivity index (χ1) is 8.54. The molecule has 0 heterocycles. The van der Waals surface area contributed by atoms with Crippen LogP contribution in [0, 0.1) is 5.82 Å². The van der Waals surface area contributed by atoms with Crippen molar-refractivity contribution in [1.29, 1.82) is 0 Å². The van der Waals surface area contributed by atoms with Crippen LogP contribution in [0.3, 0.4) is 0 Å². The van der Waals surface area contributed by atoms with E-state index in [2.05, 4.69) is 0 Å². The first-order valence-electron chi connectivity index (χ1n) is 5.93. The monoisotopic (exact) mass is 254 g/mol. The molecule has 100 valence electrons. The zero-order valence-corrected chi connectivity index (χ0v) is 10.7. The van der Waals surface area contributed by atoms with Crippen molar-refractivity contribution in [2.24, 2.45) is 5.73 Å². The summed E-state index contributed by atoms with van der Waals surface area (Å²) >= 11 is 0. The summed E-state index contributed by atoms with van der Waals surface area (Å²) in [5, 5.41) is 0. The first kappa shape index (κ1) is 14.4. The fraction of sp³-hybridized carbons (Fsp3) is 0.462. The Balaban J connectivity index is 2.33. The molecule has 0 aliphatic rings. The molecule has 0 aromatic heterocycles. The zero-order valence-electron chi connectivity index (χ0n) is 10.7. The summed E-state index contributed by atoms with van der Waals surface area (Å²) in [6.45, 7) is 2.67. The maximum absolute atomic E-state index is 12.6. The second-order valence-electron chi connectivity index (χ2n) is 4.08. The minimum atomic E-state index is -0.458. The van der Waals surface area contributed by atoms with Gasteiger partial charge in [-0.1, -0.05) is 6.92 Å². The van der Waals surface area contributed by atoms with Crippen molar-refractivity contribution in [3.05, 3.63) is 30.1 Å². The lowest BCUT2D eigenvalue weighted by Gasteiger charge is -2.20. The molecule has 0 saturated carbocycles. The third-order valence-corrected chi connectivity index (χ3v) is 2.64. The average molecular weight is 254 g/mol. The lowest BCUT2D eigenvalue weighted by atomic mass is 10.2. The minimum Gasteiger partial charge on any atom is -0.492 e. The second kappa shape index (κ2) is 6.96. The van der Waals surface area contributed by atoms with Crippen LogP contribution in [-0.2, 0) is 4.79 Å². The predicted molar refractivity (Wildman–Crippen MR) is 67.8 cm³/mol. The van der Waals surface area contributed by atoms with Crippen LogP contribution >= 0.6 is 0 Å². The summed E-state index contributed by atoms with van der Waals surface area (Å²) < 4.78 is 18.0. The Bertz CT molecular complexity index is 381. The number of carbonyl (C=O) groups excluding carboxylic acids is 1. The maximum Gasteiger partial charge on any atom is 0.239 e. The van der Waals surface area contributed by atoms with Gasteiger partial charge in [-0.25, -0.2) is 4.39 Å². The number of likely N-dealkylation sites (N-methyl/N-ethyl adjacent to an activating group) is 1. The Morgan fingerprint density at radius 3 is 2.61 bits per heavy atom. The number of nitrogens with zero attached hydrogens (tertiary/aromatic N) is 1. The quantitative estimate of drug-likeness (QED) is 0.835. The van der Waals surface area contributed by atoms with E-state index in [1.165, 1.54) is 17.0 Å². The molecule has 0 aliphatic heterocycles. The Morgan fingerprint density at radius 2 is 2.06 bits per heavy atom. The molecule has 0 spiro atoms. The molecule has 0 aliphatic carbocycles. The van der Waals surface area contributed by atoms with Gasteiger partial charge in [-0.3, -0.25) is 4.79 Å². The molecule has 1 rings (SSSR count). The second-order valence-corrected chi connectivity index (χ2v) is 4.08. The van der Waals surface area contributed by atoms with Crippen molar-refractivity contribution in [3.63, 3.8) is 0 Å². The van der Waals surface area contributed by atoms with Gasteiger partial charge in [0.1, 0.15) is 18.2 Å². The molecule has 0 fully saturated rings. The largest absolute Gasteiger partial charge is 0.492 e. The highest BCUT2D eigenvalue weighted by Crippen LogP contribution is 2.10. The van der Waals surface area contributed by atoms with E-state index in [9.17, 15) is 9.18 Å². The van der Waals surface area contributed by atoms with E-state index in [1.54, 1.807) is 19.2 Å². The van der Waals surface area contributed by atoms with Gasteiger partial charge in [-0.15, -0.1) is 0 Å². The molecular weight excluding hydrogens is 235 g/mol. The number of nitrogens with two attached hydrogens (primary N) is 1. The predicted octanol–water partition coefficient (Wildman–Crippen LogP) is 1.40. The highest BCUT2D eigenvalue weighted by molar-refractivity contribution is 5.81. The topological polar surface area (TPSA) is 55.6 Å². The molecular formula is C13H19FN2O2. The Morgan fingerprint density at radius 1 is 1.44 bits per heavy atom. The number of amides is 1. The van der Waals surface area contributed by atoms with Crippen LogP contribution in [0.25, 0.3) is 0 Å². The van der Waals surface area contributed by atoms with Gasteiger partial charge in [0.25, 0.3) is 0 Å². The van der Waals surface area contributed by atoms with E-state index in [0.29, 0.717) is 25.3 Å². The Kier molecular flexibility index (Phi) is 5.58. The van der Waals surface area contributed by atoms with Crippen LogP contribution in [0.2, 0.25) is 0 Å². The van der Waals surface area contributed by atoms with Gasteiger partial charge in [0.15, 0.2) is 0 Å². The smallest absolute Gasteiger partial charge is 0.239 e. The number of carbonyl (C=O) groups is 1. The normalized spacial score (nSPS) is 12.0. The molecule has 0 bridgehead atoms. The standard InChI is InChI=1S/C13H19FN2O2/c1-3-12(15)13(17)16(2)8-9-18-11-6-4-10(14)5-7-11/h4-7,12H,3,8-9,15H2,1-2H3/t12-/m0/s1. The third-order valence-electron chi connectivity index (χ3n) is 2.64. The fourth-order valence-electron chi connectivity index (χ4n) is 1.40. The van der Waals surface area contributed by atoms with Gasteiger partial charge in [0.2, 0.25) is 5.91 Å². The SMILES string of the molecule is CC[C@H](N)C(=O)N(C)CCOc1ccc(F)cc1. The van der Waals surface area contributed by atoms with Crippen molar-refractivity contribution >= 4 is 5.91 Å². The molecule has 1 amide bonds. The van der Waals surface area contributed by atoms with E-state index < -0.39 is 6.04 Å². The molecule has 1 atom stereocenters. The van der Waals surface area contributed by atoms with Gasteiger partial charge in [0.05, 0.1) is 12.6 Å². The Labute approximate surface area is 107 Å². The number of benzene rings is 1. The molecule has 1 aromatic carbocycles. The van der Waals surface area contributed by atoms with E-state index in [4.69, 9.17) is 10.5 Å². The van der Waals surface area contributed by atoms with Gasteiger partial charge >= 0.3 is 0 Å². The molecule has 1 aromatic rings. The number of rotatable bonds is 6. The highest BCUT2D eigenvalue weighted by Gasteiger charge is 2.15. The molecule has 5 heteroatoms. The lowest BCUT2D eigenvalue weighted by molar-refractivity contribution is -0.131. The fourth-order valence-corrected chi connectivity index (χ4v) is 1.40. The zero-order chi connectivity index (χ0) is 13.5. The summed E-state index contributed by atoms with van der Waals surface area (Å²) in [7, 11) is 1.69. The number of hydrogen-bond acceptors (Lipinski definition) is 3. The van der Waals surface area contributed by atoms with E-state index in [-0.39, 0.29) is 11.7 Å². The molecule has 4 nitrogen and oxygen atoms in total. The lowest BCUT2D eigenvalue weighted by Crippen LogP contribution is -2.42. The molecule has 0 unspecified atom stereocenters. The summed E-state index contributed by atoms with van der Waals surface area (Å²) in [4.78, 5) is 13.2. The van der Waals surface area contributed by atoms with Crippen molar-refractivity contribution in [3.8, 4) is 5.75 Å². The van der Waals surface area contributed by atoms with Crippen molar-refractivity contribution in [1.82, 2.24) is 4.90 Å². The van der Waals surface area contributed by atoms with E-state index in [1.807, 2.05) is 6.92 Å². The number of halogens is 1. The van der Waals surface area contributed by atoms with Crippen molar-refractivity contribution in [2.75, 3.05) is 20.2 Å². The molecule has 0 radical (unpaired) electrons. The van der Waals surface area contributed by atoms with Crippen molar-refractivity contribution < 1.29 is 13.9 Å². The summed E-state index contributed by atoms with van der Waals surface area (Å²) in [6, 6.07) is 5.30. The maximum atomic E-state index is 12.6. The minimum absolute atomic E-state index is 0.0970. The van der Waals surface area contributed by atoms with Crippen LogP contribution in [0.5, 0.6) is 5.75 Å². The van der Waals surface area contributed by atoms with E-state index in [0.717, 1.165) is 0 Å². The summed E-state index contributed by atoms with van der Waals surface area (Å²) in [5.74, 6) is 0.181. The van der Waals surface area contributed by atoms with Crippen molar-refractivity contribution in [2.45, 2.75) is 19.4 Å². The van der Waals surface area contributed by atoms with E-state index >= 15 is 0 Å². The van der Waals surface area contributed by atoms with Crippen LogP contribution in [0.15, 0.2) is 24.3 Å². The molecule has 18 heavy (non-hydrogen) atoms. The van der Waals surface area contributed by atoms with Gasteiger partial charge in [-0.2, -0.15) is 0 Å². The Hall–Kier alpha value is -1.62. The van der Waals surface area contributed by atoms with Gasteiger partial charge in [-0.05, 0) is 30.7 Å². The molecule has 0 saturated heterocycles. The van der Waals surface area contributed by atoms with Crippen LogP contribution in [0.1, 0.15) is 13.3 Å². The highest BCUT2D eigenvalue weighted by atomic mass is 19.1. The van der Waals surface area contributed by atoms with Crippen LogP contribution in [-0.4, -0.2) is 37.0 Å². The summed E-state index contributed by atoms with van der Waals surface area (Å²) in [6.07, 6.45) is 0.613. The summed E-state index contributed by atoms with van der Waals surface area (Å²) in [5.41, 5.74) is 5.64. The van der Waals surface area contributed by atoms with Crippen LogP contribution in [0.4, 0.5) is 4.39 Å². The molecule has 2 N–H and O–H groups in total. The third kappa shape index (κ3) is 4.33. The van der Waals surface area contributed by atoms with Gasteiger partial charge in [0, 0.05) is 7.05 Å². The first-order valence-corrected chi connectivity index (χ1v) is 5.93. The number of hydrogen-bond donors (Lipinski definition) is 1. The average Bonchev–Trinajstić information content (AvgIpc) is 2.39. The van der Waals surface area contributed by atoms with Crippen LogP contribution < -0.4 is 10.5 Å². The number of ether oxygens (including phenoxy) is 1.